The van der Waals surface area contributed by atoms with Gasteiger partial charge in [0.2, 0.25) is 5.82 Å². The van der Waals surface area contributed by atoms with E-state index in [0.29, 0.717) is 30.4 Å². The van der Waals surface area contributed by atoms with Gasteiger partial charge in [-0.3, -0.25) is 4.79 Å². The smallest absolute Gasteiger partial charge is 0.325 e. The van der Waals surface area contributed by atoms with E-state index < -0.39 is 5.97 Å². The number of aryl methyl sites for hydroxylation is 3. The largest absolute Gasteiger partial charge is 0.480 e. The van der Waals surface area contributed by atoms with Crippen molar-refractivity contribution in [1.29, 1.82) is 0 Å². The highest BCUT2D eigenvalue weighted by Gasteiger charge is 2.16. The lowest BCUT2D eigenvalue weighted by molar-refractivity contribution is -0.137. The number of furan rings is 1. The van der Waals surface area contributed by atoms with Crippen LogP contribution in [-0.4, -0.2) is 46.0 Å². The highest BCUT2D eigenvalue weighted by Crippen LogP contribution is 2.19. The highest BCUT2D eigenvalue weighted by molar-refractivity contribution is 5.66. The second kappa shape index (κ2) is 5.76. The minimum absolute atomic E-state index is 0.266. The molecule has 0 aliphatic carbocycles. The second-order valence-electron chi connectivity index (χ2n) is 4.64. The van der Waals surface area contributed by atoms with Gasteiger partial charge >= 0.3 is 5.97 Å². The summed E-state index contributed by atoms with van der Waals surface area (Å²) in [5.74, 6) is 1.14. The highest BCUT2D eigenvalue weighted by atomic mass is 16.4. The molecule has 0 saturated heterocycles. The Hall–Kier alpha value is -3.04. The van der Waals surface area contributed by atoms with E-state index in [9.17, 15) is 4.79 Å². The summed E-state index contributed by atoms with van der Waals surface area (Å²) < 4.78 is 8.36. The molecule has 3 aromatic heterocycles. The maximum atomic E-state index is 11.0. The molecule has 0 aromatic carbocycles. The molecule has 0 spiro atoms. The van der Waals surface area contributed by atoms with Gasteiger partial charge in [0.15, 0.2) is 5.76 Å². The molecule has 3 rings (SSSR count). The van der Waals surface area contributed by atoms with Crippen molar-refractivity contribution in [2.45, 2.75) is 26.4 Å². The first-order valence-corrected chi connectivity index (χ1v) is 6.55. The molecule has 0 fully saturated rings. The molecule has 0 unspecified atom stereocenters. The standard InChI is InChI=1S/C12H13N7O3/c1-8-2-3-9(22-8)12-14-10(19(15-12)6-11(20)21)4-5-18-7-13-16-17-18/h2-3,7H,4-6H2,1H3,(H,20,21). The molecule has 0 radical (unpaired) electrons. The van der Waals surface area contributed by atoms with Crippen LogP contribution in [0.2, 0.25) is 0 Å². The molecule has 22 heavy (non-hydrogen) atoms. The fourth-order valence-electron chi connectivity index (χ4n) is 1.97. The summed E-state index contributed by atoms with van der Waals surface area (Å²) in [7, 11) is 0. The molecule has 114 valence electrons. The summed E-state index contributed by atoms with van der Waals surface area (Å²) in [4.78, 5) is 15.3. The summed E-state index contributed by atoms with van der Waals surface area (Å²) >= 11 is 0. The molecule has 0 bridgehead atoms. The Balaban J connectivity index is 1.85. The lowest BCUT2D eigenvalue weighted by atomic mass is 10.4. The molecule has 0 atom stereocenters. The fourth-order valence-corrected chi connectivity index (χ4v) is 1.97. The first-order valence-electron chi connectivity index (χ1n) is 6.55. The van der Waals surface area contributed by atoms with Gasteiger partial charge in [-0.2, -0.15) is 0 Å². The topological polar surface area (TPSA) is 125 Å². The predicted octanol–water partition coefficient (Wildman–Crippen LogP) is 0.160. The van der Waals surface area contributed by atoms with Gasteiger partial charge in [-0.05, 0) is 29.5 Å². The lowest BCUT2D eigenvalue weighted by Crippen LogP contribution is -2.15. The van der Waals surface area contributed by atoms with Crippen LogP contribution >= 0.6 is 0 Å². The minimum Gasteiger partial charge on any atom is -0.480 e. The Morgan fingerprint density at radius 2 is 2.27 bits per heavy atom. The summed E-state index contributed by atoms with van der Waals surface area (Å²) in [6.07, 6.45) is 1.93. The number of carboxylic acid groups (broad SMARTS) is 1. The summed E-state index contributed by atoms with van der Waals surface area (Å²) in [6.45, 7) is 2.02. The quantitative estimate of drug-likeness (QED) is 0.682. The normalized spacial score (nSPS) is 11.0. The Morgan fingerprint density at radius 3 is 2.91 bits per heavy atom. The molecule has 0 amide bonds. The van der Waals surface area contributed by atoms with Crippen LogP contribution in [0.15, 0.2) is 22.9 Å². The van der Waals surface area contributed by atoms with Crippen molar-refractivity contribution in [2.75, 3.05) is 0 Å². The average Bonchev–Trinajstić information content (AvgIpc) is 3.16. The second-order valence-corrected chi connectivity index (χ2v) is 4.64. The van der Waals surface area contributed by atoms with E-state index in [4.69, 9.17) is 9.52 Å². The molecule has 10 nitrogen and oxygen atoms in total. The Kier molecular flexibility index (Phi) is 3.64. The molecular weight excluding hydrogens is 290 g/mol. The zero-order valence-corrected chi connectivity index (χ0v) is 11.7. The third-order valence-electron chi connectivity index (χ3n) is 2.95. The van der Waals surface area contributed by atoms with Crippen LogP contribution in [0, 0.1) is 6.92 Å². The van der Waals surface area contributed by atoms with Crippen molar-refractivity contribution >= 4 is 5.97 Å². The van der Waals surface area contributed by atoms with Crippen LogP contribution in [0.5, 0.6) is 0 Å². The van der Waals surface area contributed by atoms with Gasteiger partial charge in [0.1, 0.15) is 24.5 Å². The monoisotopic (exact) mass is 303 g/mol. The van der Waals surface area contributed by atoms with E-state index >= 15 is 0 Å². The van der Waals surface area contributed by atoms with Crippen LogP contribution in [0.4, 0.5) is 0 Å². The maximum absolute atomic E-state index is 11.0. The van der Waals surface area contributed by atoms with E-state index in [2.05, 4.69) is 25.6 Å². The minimum atomic E-state index is -0.990. The van der Waals surface area contributed by atoms with Gasteiger partial charge in [0, 0.05) is 6.42 Å². The van der Waals surface area contributed by atoms with Crippen molar-refractivity contribution < 1.29 is 14.3 Å². The van der Waals surface area contributed by atoms with Crippen LogP contribution in [0.1, 0.15) is 11.6 Å². The van der Waals surface area contributed by atoms with Crippen molar-refractivity contribution in [1.82, 2.24) is 35.0 Å². The SMILES string of the molecule is Cc1ccc(-c2nc(CCn3cnnn3)n(CC(=O)O)n2)o1. The van der Waals surface area contributed by atoms with Gasteiger partial charge < -0.3 is 9.52 Å². The third-order valence-corrected chi connectivity index (χ3v) is 2.95. The first-order chi connectivity index (χ1) is 10.6. The molecule has 0 aliphatic rings. The molecule has 10 heteroatoms. The summed E-state index contributed by atoms with van der Waals surface area (Å²) in [6, 6.07) is 3.55. The van der Waals surface area contributed by atoms with E-state index in [0.717, 1.165) is 5.76 Å². The average molecular weight is 303 g/mol. The molecular formula is C12H13N7O3. The molecule has 0 saturated carbocycles. The molecule has 1 N–H and O–H groups in total. The predicted molar refractivity (Wildman–Crippen MR) is 71.6 cm³/mol. The van der Waals surface area contributed by atoms with Gasteiger partial charge in [-0.25, -0.2) is 14.3 Å². The van der Waals surface area contributed by atoms with E-state index in [-0.39, 0.29) is 6.54 Å². The van der Waals surface area contributed by atoms with Crippen molar-refractivity contribution in [3.05, 3.63) is 30.0 Å². The Labute approximate surface area is 124 Å². The number of hydrogen-bond acceptors (Lipinski definition) is 7. The lowest BCUT2D eigenvalue weighted by Gasteiger charge is -2.02. The maximum Gasteiger partial charge on any atom is 0.325 e. The van der Waals surface area contributed by atoms with Crippen LogP contribution in [0.3, 0.4) is 0 Å². The van der Waals surface area contributed by atoms with Gasteiger partial charge in [-0.1, -0.05) is 0 Å². The summed E-state index contributed by atoms with van der Waals surface area (Å²) in [5, 5.41) is 24.0. The van der Waals surface area contributed by atoms with Gasteiger partial charge in [0.25, 0.3) is 0 Å². The van der Waals surface area contributed by atoms with Crippen molar-refractivity contribution in [2.24, 2.45) is 0 Å². The number of rotatable bonds is 6. The number of hydrogen-bond donors (Lipinski definition) is 1. The number of nitrogens with zero attached hydrogens (tertiary/aromatic N) is 7. The van der Waals surface area contributed by atoms with Crippen LogP contribution in [-0.2, 0) is 24.3 Å². The molecule has 0 aliphatic heterocycles. The van der Waals surface area contributed by atoms with E-state index in [1.54, 1.807) is 12.1 Å². The zero-order valence-electron chi connectivity index (χ0n) is 11.7. The molecule has 3 aromatic rings. The fraction of sp³-hybridized carbons (Fsp3) is 0.333. The third kappa shape index (κ3) is 3.00. The van der Waals surface area contributed by atoms with E-state index in [1.165, 1.54) is 15.7 Å². The van der Waals surface area contributed by atoms with Crippen LogP contribution < -0.4 is 0 Å². The number of carboxylic acids is 1. The number of carbonyl (C=O) groups is 1. The Bertz CT molecular complexity index is 775. The first kappa shape index (κ1) is 13.9. The number of tetrazole rings is 1. The van der Waals surface area contributed by atoms with Gasteiger partial charge in [-0.15, -0.1) is 10.2 Å². The molecule has 3 heterocycles. The zero-order chi connectivity index (χ0) is 15.5. The Morgan fingerprint density at radius 1 is 1.41 bits per heavy atom. The van der Waals surface area contributed by atoms with Crippen molar-refractivity contribution in [3.8, 4) is 11.6 Å². The number of aromatic nitrogens is 7. The van der Waals surface area contributed by atoms with E-state index in [1.807, 2.05) is 6.92 Å². The van der Waals surface area contributed by atoms with Crippen LogP contribution in [0.25, 0.3) is 11.6 Å². The number of aliphatic carboxylic acids is 1. The van der Waals surface area contributed by atoms with Gasteiger partial charge in [0.05, 0.1) is 6.54 Å². The van der Waals surface area contributed by atoms with Crippen molar-refractivity contribution in [3.63, 3.8) is 0 Å². The summed E-state index contributed by atoms with van der Waals surface area (Å²) in [5.41, 5.74) is 0.